The van der Waals surface area contributed by atoms with E-state index in [4.69, 9.17) is 5.84 Å². The Labute approximate surface area is 108 Å². The molecule has 0 radical (unpaired) electrons. The van der Waals surface area contributed by atoms with Crippen LogP contribution < -0.4 is 11.3 Å². The molecule has 0 unspecified atom stereocenters. The van der Waals surface area contributed by atoms with E-state index in [0.717, 1.165) is 16.8 Å². The molecule has 0 bridgehead atoms. The normalized spacial score (nSPS) is 14.1. The second kappa shape index (κ2) is 6.06. The van der Waals surface area contributed by atoms with E-state index in [1.165, 1.54) is 4.68 Å². The zero-order valence-electron chi connectivity index (χ0n) is 10.8. The second-order valence-corrected chi connectivity index (χ2v) is 11.2. The molecule has 0 saturated carbocycles. The highest BCUT2D eigenvalue weighted by Crippen LogP contribution is 2.05. The summed E-state index contributed by atoms with van der Waals surface area (Å²) in [6, 6.07) is 5.66. The van der Waals surface area contributed by atoms with Crippen LogP contribution in [0.4, 0.5) is 0 Å². The summed E-state index contributed by atoms with van der Waals surface area (Å²) >= 11 is 1.55. The molecule has 0 aliphatic rings. The van der Waals surface area contributed by atoms with Crippen molar-refractivity contribution in [2.24, 2.45) is 9.98 Å². The summed E-state index contributed by atoms with van der Waals surface area (Å²) in [7, 11) is -1.17. The van der Waals surface area contributed by atoms with Gasteiger partial charge in [-0.25, -0.2) is 4.99 Å². The lowest BCUT2D eigenvalue weighted by Gasteiger charge is -2.11. The summed E-state index contributed by atoms with van der Waals surface area (Å²) in [5.41, 5.74) is 0.719. The number of thioether (sulfide) groups is 1. The smallest absolute Gasteiger partial charge is 0.184 e. The Balaban J connectivity index is 2.98. The molecule has 6 heteroatoms. The van der Waals surface area contributed by atoms with E-state index < -0.39 is 8.07 Å². The molecule has 1 rings (SSSR count). The highest BCUT2D eigenvalue weighted by Gasteiger charge is 2.12. The third-order valence-electron chi connectivity index (χ3n) is 1.95. The minimum atomic E-state index is -1.17. The van der Waals surface area contributed by atoms with Crippen LogP contribution in [0.25, 0.3) is 0 Å². The fourth-order valence-corrected chi connectivity index (χ4v) is 2.21. The number of amidine groups is 1. The van der Waals surface area contributed by atoms with E-state index in [9.17, 15) is 0 Å². The van der Waals surface area contributed by atoms with Gasteiger partial charge < -0.3 is 5.84 Å². The molecule has 1 aromatic rings. The van der Waals surface area contributed by atoms with Gasteiger partial charge in [-0.3, -0.25) is 9.67 Å². The average Bonchev–Trinajstić information content (AvgIpc) is 2.25. The number of hydrogen-bond acceptors (Lipinski definition) is 3. The second-order valence-electron chi connectivity index (χ2n) is 4.94. The van der Waals surface area contributed by atoms with Crippen molar-refractivity contribution < 1.29 is 0 Å². The Morgan fingerprint density at radius 1 is 1.41 bits per heavy atom. The van der Waals surface area contributed by atoms with Crippen molar-refractivity contribution in [1.82, 2.24) is 4.68 Å². The van der Waals surface area contributed by atoms with Crippen LogP contribution in [-0.4, -0.2) is 30.3 Å². The molecule has 0 fully saturated rings. The van der Waals surface area contributed by atoms with Crippen molar-refractivity contribution in [1.29, 1.82) is 0 Å². The summed E-state index contributed by atoms with van der Waals surface area (Å²) < 4.78 is 1.50. The molecule has 0 aromatic carbocycles. The Morgan fingerprint density at radius 3 is 2.65 bits per heavy atom. The van der Waals surface area contributed by atoms with Gasteiger partial charge in [-0.2, -0.15) is 0 Å². The molecule has 1 heterocycles. The van der Waals surface area contributed by atoms with Gasteiger partial charge in [0.05, 0.1) is 8.07 Å². The van der Waals surface area contributed by atoms with Gasteiger partial charge in [0.15, 0.2) is 10.7 Å². The quantitative estimate of drug-likeness (QED) is 0.384. The topological polar surface area (TPSA) is 55.7 Å². The zero-order chi connectivity index (χ0) is 12.9. The van der Waals surface area contributed by atoms with Gasteiger partial charge in [0.25, 0.3) is 0 Å². The molecule has 17 heavy (non-hydrogen) atoms. The van der Waals surface area contributed by atoms with Crippen molar-refractivity contribution in [3.63, 3.8) is 0 Å². The highest BCUT2D eigenvalue weighted by atomic mass is 32.2. The van der Waals surface area contributed by atoms with E-state index in [1.807, 2.05) is 24.5 Å². The van der Waals surface area contributed by atoms with Gasteiger partial charge in [0, 0.05) is 12.4 Å². The lowest BCUT2D eigenvalue weighted by Crippen LogP contribution is -2.28. The van der Waals surface area contributed by atoms with E-state index in [0.29, 0.717) is 0 Å². The number of pyridine rings is 1. The van der Waals surface area contributed by atoms with Crippen LogP contribution in [-0.2, 0) is 0 Å². The first-order chi connectivity index (χ1) is 7.92. The van der Waals surface area contributed by atoms with Gasteiger partial charge >= 0.3 is 0 Å². The minimum absolute atomic E-state index is 0.719. The maximum atomic E-state index is 5.77. The maximum absolute atomic E-state index is 5.77. The average molecular weight is 268 g/mol. The van der Waals surface area contributed by atoms with Crippen LogP contribution in [0.1, 0.15) is 0 Å². The first-order valence-corrected chi connectivity index (χ1v) is 10.4. The van der Waals surface area contributed by atoms with Crippen LogP contribution in [0.5, 0.6) is 0 Å². The lowest BCUT2D eigenvalue weighted by atomic mass is 10.5. The monoisotopic (exact) mass is 268 g/mol. The van der Waals surface area contributed by atoms with Crippen LogP contribution in [0.15, 0.2) is 34.4 Å². The zero-order valence-corrected chi connectivity index (χ0v) is 12.7. The van der Waals surface area contributed by atoms with Crippen molar-refractivity contribution in [3.05, 3.63) is 29.9 Å². The minimum Gasteiger partial charge on any atom is -0.338 e. The van der Waals surface area contributed by atoms with E-state index >= 15 is 0 Å². The Morgan fingerprint density at radius 2 is 2.12 bits per heavy atom. The Hall–Kier alpha value is -1.01. The Kier molecular flexibility index (Phi) is 5.01. The first kappa shape index (κ1) is 14.0. The summed E-state index contributed by atoms with van der Waals surface area (Å²) in [6.45, 7) is 6.88. The van der Waals surface area contributed by atoms with Crippen molar-refractivity contribution >= 4 is 25.0 Å². The standard InChI is InChI=1S/C11H20N4SSi/c1-16-11(13-9-17(2,3)4)14-10-7-5-6-8-15(10)12/h5-8H,9,12H2,1-4H3/b13-11-,14-10+. The van der Waals surface area contributed by atoms with Crippen molar-refractivity contribution in [2.75, 3.05) is 18.3 Å². The van der Waals surface area contributed by atoms with Gasteiger partial charge in [-0.15, -0.1) is 0 Å². The molecular weight excluding hydrogens is 248 g/mol. The molecule has 0 amide bonds. The highest BCUT2D eigenvalue weighted by molar-refractivity contribution is 8.13. The largest absolute Gasteiger partial charge is 0.338 e. The SMILES string of the molecule is CSC(=N\C[Si](C)(C)C)/N=c1\ccccn1N. The number of hydrogen-bond donors (Lipinski definition) is 1. The van der Waals surface area contributed by atoms with Crippen molar-refractivity contribution in [2.45, 2.75) is 19.6 Å². The molecule has 4 nitrogen and oxygen atoms in total. The molecule has 0 aliphatic carbocycles. The predicted molar refractivity (Wildman–Crippen MR) is 79.3 cm³/mol. The molecule has 0 saturated heterocycles. The third-order valence-corrected chi connectivity index (χ3v) is 3.64. The third kappa shape index (κ3) is 5.23. The number of nitrogen functional groups attached to an aromatic ring is 1. The molecule has 2 N–H and O–H groups in total. The fraction of sp³-hybridized carbons (Fsp3) is 0.455. The van der Waals surface area contributed by atoms with Gasteiger partial charge in [0.2, 0.25) is 0 Å². The molecule has 0 spiro atoms. The number of nitrogens with zero attached hydrogens (tertiary/aromatic N) is 3. The van der Waals surface area contributed by atoms with Crippen LogP contribution in [0, 0.1) is 0 Å². The van der Waals surface area contributed by atoms with Crippen molar-refractivity contribution in [3.8, 4) is 0 Å². The predicted octanol–water partition coefficient (Wildman–Crippen LogP) is 1.70. The fourth-order valence-electron chi connectivity index (χ4n) is 1.09. The summed E-state index contributed by atoms with van der Waals surface area (Å²) in [4.78, 5) is 9.01. The Bertz CT molecular complexity index is 459. The number of aromatic nitrogens is 1. The number of rotatable bonds is 2. The van der Waals surface area contributed by atoms with E-state index in [-0.39, 0.29) is 0 Å². The summed E-state index contributed by atoms with van der Waals surface area (Å²) in [5, 5.41) is 0.790. The lowest BCUT2D eigenvalue weighted by molar-refractivity contribution is 0.909. The summed E-state index contributed by atoms with van der Waals surface area (Å²) in [5.74, 6) is 5.77. The van der Waals surface area contributed by atoms with Gasteiger partial charge in [0.1, 0.15) is 0 Å². The molecule has 0 atom stereocenters. The van der Waals surface area contributed by atoms with E-state index in [2.05, 4.69) is 29.6 Å². The van der Waals surface area contributed by atoms with E-state index in [1.54, 1.807) is 18.0 Å². The summed E-state index contributed by atoms with van der Waals surface area (Å²) in [6.07, 6.45) is 4.65. The molecule has 0 aliphatic heterocycles. The first-order valence-electron chi connectivity index (χ1n) is 5.48. The number of aliphatic imine (C=N–C) groups is 1. The van der Waals surface area contributed by atoms with Gasteiger partial charge in [-0.05, 0) is 18.4 Å². The molecular formula is C11H20N4SSi. The van der Waals surface area contributed by atoms with Crippen LogP contribution >= 0.6 is 11.8 Å². The van der Waals surface area contributed by atoms with Gasteiger partial charge in [-0.1, -0.05) is 37.5 Å². The van der Waals surface area contributed by atoms with Crippen LogP contribution in [0.2, 0.25) is 19.6 Å². The maximum Gasteiger partial charge on any atom is 0.184 e. The molecule has 1 aromatic heterocycles. The molecule has 94 valence electrons. The van der Waals surface area contributed by atoms with Crippen LogP contribution in [0.3, 0.4) is 0 Å². The number of nitrogens with two attached hydrogens (primary N) is 1.